The molecular formula is C12H12O4S. The van der Waals surface area contributed by atoms with Gasteiger partial charge < -0.3 is 9.15 Å². The average Bonchev–Trinajstić information content (AvgIpc) is 2.80. The molecule has 90 valence electrons. The minimum atomic E-state index is -3.27. The summed E-state index contributed by atoms with van der Waals surface area (Å²) in [6.07, 6.45) is 2.70. The Hall–Kier alpha value is -1.75. The van der Waals surface area contributed by atoms with E-state index in [0.717, 1.165) is 6.26 Å². The Morgan fingerprint density at radius 3 is 2.53 bits per heavy atom. The average molecular weight is 252 g/mol. The second-order valence-corrected chi connectivity index (χ2v) is 5.66. The van der Waals surface area contributed by atoms with Crippen LogP contribution >= 0.6 is 0 Å². The second-order valence-electron chi connectivity index (χ2n) is 3.65. The Labute approximate surface area is 99.8 Å². The van der Waals surface area contributed by atoms with Crippen LogP contribution < -0.4 is 4.74 Å². The SMILES string of the molecule is COc1cc(-c2ccco2)cc(S(C)(=O)=O)c1. The van der Waals surface area contributed by atoms with Crippen molar-refractivity contribution >= 4 is 9.84 Å². The zero-order valence-electron chi connectivity index (χ0n) is 9.51. The highest BCUT2D eigenvalue weighted by Crippen LogP contribution is 2.28. The van der Waals surface area contributed by atoms with Gasteiger partial charge >= 0.3 is 0 Å². The molecule has 2 aromatic rings. The van der Waals surface area contributed by atoms with Crippen molar-refractivity contribution in [1.82, 2.24) is 0 Å². The Kier molecular flexibility index (Phi) is 2.93. The summed E-state index contributed by atoms with van der Waals surface area (Å²) in [4.78, 5) is 0.211. The predicted octanol–water partition coefficient (Wildman–Crippen LogP) is 2.36. The highest BCUT2D eigenvalue weighted by Gasteiger charge is 2.12. The second kappa shape index (κ2) is 4.25. The van der Waals surface area contributed by atoms with Crippen LogP contribution in [0.1, 0.15) is 0 Å². The topological polar surface area (TPSA) is 56.5 Å². The summed E-state index contributed by atoms with van der Waals surface area (Å²) in [6.45, 7) is 0. The van der Waals surface area contributed by atoms with E-state index in [1.165, 1.54) is 19.4 Å². The summed E-state index contributed by atoms with van der Waals surface area (Å²) in [5.41, 5.74) is 0.676. The molecule has 1 aromatic heterocycles. The molecule has 0 saturated heterocycles. The van der Waals surface area contributed by atoms with Crippen LogP contribution in [0.2, 0.25) is 0 Å². The van der Waals surface area contributed by atoms with E-state index in [1.54, 1.807) is 24.3 Å². The molecule has 5 heteroatoms. The third-order valence-electron chi connectivity index (χ3n) is 2.35. The summed E-state index contributed by atoms with van der Waals surface area (Å²) in [5, 5.41) is 0. The molecule has 0 atom stereocenters. The van der Waals surface area contributed by atoms with Gasteiger partial charge in [0.25, 0.3) is 0 Å². The molecule has 0 aliphatic carbocycles. The minimum absolute atomic E-state index is 0.211. The monoisotopic (exact) mass is 252 g/mol. The molecule has 0 aliphatic rings. The minimum Gasteiger partial charge on any atom is -0.497 e. The maximum absolute atomic E-state index is 11.5. The van der Waals surface area contributed by atoms with E-state index in [0.29, 0.717) is 17.1 Å². The molecule has 1 heterocycles. The summed E-state index contributed by atoms with van der Waals surface area (Å²) in [6, 6.07) is 8.29. The first kappa shape index (κ1) is 11.7. The summed E-state index contributed by atoms with van der Waals surface area (Å²) in [5.74, 6) is 1.09. The maximum Gasteiger partial charge on any atom is 0.175 e. The molecule has 0 N–H and O–H groups in total. The zero-order chi connectivity index (χ0) is 12.5. The van der Waals surface area contributed by atoms with Crippen molar-refractivity contribution in [2.75, 3.05) is 13.4 Å². The van der Waals surface area contributed by atoms with E-state index in [4.69, 9.17) is 9.15 Å². The van der Waals surface area contributed by atoms with Crippen molar-refractivity contribution < 1.29 is 17.6 Å². The Morgan fingerprint density at radius 2 is 2.00 bits per heavy atom. The molecule has 0 spiro atoms. The van der Waals surface area contributed by atoms with Crippen molar-refractivity contribution in [2.24, 2.45) is 0 Å². The van der Waals surface area contributed by atoms with Gasteiger partial charge in [-0.2, -0.15) is 0 Å². The van der Waals surface area contributed by atoms with E-state index in [9.17, 15) is 8.42 Å². The Morgan fingerprint density at radius 1 is 1.24 bits per heavy atom. The van der Waals surface area contributed by atoms with Crippen molar-refractivity contribution in [3.63, 3.8) is 0 Å². The van der Waals surface area contributed by atoms with Crippen LogP contribution in [0.4, 0.5) is 0 Å². The lowest BCUT2D eigenvalue weighted by Gasteiger charge is -2.06. The molecule has 0 amide bonds. The first-order chi connectivity index (χ1) is 8.00. The Balaban J connectivity index is 2.62. The standard InChI is InChI=1S/C12H12O4S/c1-15-10-6-9(12-4-3-5-16-12)7-11(8-10)17(2,13)14/h3-8H,1-2H3. The number of hydrogen-bond acceptors (Lipinski definition) is 4. The van der Waals surface area contributed by atoms with Crippen molar-refractivity contribution in [1.29, 1.82) is 0 Å². The van der Waals surface area contributed by atoms with Gasteiger partial charge in [-0.05, 0) is 30.3 Å². The molecule has 17 heavy (non-hydrogen) atoms. The van der Waals surface area contributed by atoms with Crippen LogP contribution in [0.5, 0.6) is 5.75 Å². The fourth-order valence-corrected chi connectivity index (χ4v) is 2.16. The van der Waals surface area contributed by atoms with E-state index >= 15 is 0 Å². The zero-order valence-corrected chi connectivity index (χ0v) is 10.3. The lowest BCUT2D eigenvalue weighted by molar-refractivity contribution is 0.413. The number of benzene rings is 1. The van der Waals surface area contributed by atoms with Crippen LogP contribution in [-0.4, -0.2) is 21.8 Å². The molecule has 0 fully saturated rings. The van der Waals surface area contributed by atoms with Gasteiger partial charge in [0, 0.05) is 11.8 Å². The van der Waals surface area contributed by atoms with Crippen LogP contribution in [0.15, 0.2) is 45.9 Å². The maximum atomic E-state index is 11.5. The molecule has 0 saturated carbocycles. The van der Waals surface area contributed by atoms with Gasteiger partial charge in [-0.1, -0.05) is 0 Å². The summed E-state index contributed by atoms with van der Waals surface area (Å²) < 4.78 is 33.4. The first-order valence-corrected chi connectivity index (χ1v) is 6.83. The summed E-state index contributed by atoms with van der Waals surface area (Å²) in [7, 11) is -1.78. The largest absolute Gasteiger partial charge is 0.497 e. The van der Waals surface area contributed by atoms with Crippen molar-refractivity contribution in [3.05, 3.63) is 36.6 Å². The van der Waals surface area contributed by atoms with Gasteiger partial charge in [0.2, 0.25) is 0 Å². The van der Waals surface area contributed by atoms with Crippen LogP contribution in [-0.2, 0) is 9.84 Å². The lowest BCUT2D eigenvalue weighted by atomic mass is 10.1. The van der Waals surface area contributed by atoms with Crippen LogP contribution in [0.25, 0.3) is 11.3 Å². The quantitative estimate of drug-likeness (QED) is 0.841. The van der Waals surface area contributed by atoms with Crippen molar-refractivity contribution in [3.8, 4) is 17.1 Å². The molecule has 0 aliphatic heterocycles. The fourth-order valence-electron chi connectivity index (χ4n) is 1.49. The third kappa shape index (κ3) is 2.50. The fraction of sp³-hybridized carbons (Fsp3) is 0.167. The molecule has 0 radical (unpaired) electrons. The van der Waals surface area contributed by atoms with Gasteiger partial charge in [-0.15, -0.1) is 0 Å². The van der Waals surface area contributed by atoms with Gasteiger partial charge in [0.1, 0.15) is 11.5 Å². The summed E-state index contributed by atoms with van der Waals surface area (Å²) >= 11 is 0. The Bertz CT molecular complexity index is 612. The van der Waals surface area contributed by atoms with E-state index in [-0.39, 0.29) is 4.90 Å². The van der Waals surface area contributed by atoms with Crippen LogP contribution in [0.3, 0.4) is 0 Å². The molecular weight excluding hydrogens is 240 g/mol. The smallest absolute Gasteiger partial charge is 0.175 e. The highest BCUT2D eigenvalue weighted by atomic mass is 32.2. The normalized spacial score (nSPS) is 11.4. The van der Waals surface area contributed by atoms with Crippen LogP contribution in [0, 0.1) is 0 Å². The number of methoxy groups -OCH3 is 1. The van der Waals surface area contributed by atoms with E-state index < -0.39 is 9.84 Å². The van der Waals surface area contributed by atoms with E-state index in [2.05, 4.69) is 0 Å². The predicted molar refractivity (Wildman–Crippen MR) is 63.8 cm³/mol. The number of hydrogen-bond donors (Lipinski definition) is 0. The molecule has 0 unspecified atom stereocenters. The number of sulfone groups is 1. The molecule has 1 aromatic carbocycles. The first-order valence-electron chi connectivity index (χ1n) is 4.94. The number of ether oxygens (including phenoxy) is 1. The molecule has 4 nitrogen and oxygen atoms in total. The molecule has 0 bridgehead atoms. The van der Waals surface area contributed by atoms with Gasteiger partial charge in [0.05, 0.1) is 18.3 Å². The number of rotatable bonds is 3. The number of furan rings is 1. The highest BCUT2D eigenvalue weighted by molar-refractivity contribution is 7.90. The van der Waals surface area contributed by atoms with Gasteiger partial charge in [-0.25, -0.2) is 8.42 Å². The van der Waals surface area contributed by atoms with Gasteiger partial charge in [-0.3, -0.25) is 0 Å². The van der Waals surface area contributed by atoms with E-state index in [1.807, 2.05) is 0 Å². The lowest BCUT2D eigenvalue weighted by Crippen LogP contribution is -1.98. The third-order valence-corrected chi connectivity index (χ3v) is 3.44. The van der Waals surface area contributed by atoms with Crippen molar-refractivity contribution in [2.45, 2.75) is 4.90 Å². The van der Waals surface area contributed by atoms with Gasteiger partial charge in [0.15, 0.2) is 9.84 Å². The molecule has 2 rings (SSSR count).